The van der Waals surface area contributed by atoms with E-state index in [1.54, 1.807) is 64.5 Å². The van der Waals surface area contributed by atoms with Gasteiger partial charge in [-0.3, -0.25) is 33.5 Å². The molecule has 1 N–H and O–H groups in total. The Bertz CT molecular complexity index is 2520. The standard InChI is InChI=1S/C48H49F2N4O8PS3/c49-48(50,63(60,61-21-23-64-43(55)25-32-9-3-1-4-10-32)62-22-24-65-44(56)26-33-11-5-2-6-12-33)37-16-19-41-35(27-37)28-42(66-41)45(57)52-39-15-7-14-38-17-18-40(54(38)46(39)58)47(59)53-30-36(31-53)34-13-8-20-51-29-34/h1-6,8-13,16,19-20,27-29,36,38-40H,7,14-15,17-18,21-26,30-31H2,(H,52,57)/t38-,39-,40-/m0/s1. The zero-order valence-electron chi connectivity index (χ0n) is 35.9. The molecule has 0 aliphatic carbocycles. The zero-order chi connectivity index (χ0) is 46.3. The average Bonchev–Trinajstić information content (AvgIpc) is 3.90. The quantitative estimate of drug-likeness (QED) is 0.0663. The number of amides is 3. The lowest BCUT2D eigenvalue weighted by atomic mass is 9.92. The molecule has 346 valence electrons. The predicted molar refractivity (Wildman–Crippen MR) is 253 cm³/mol. The number of alkyl halides is 2. The first-order chi connectivity index (χ1) is 31.9. The Hall–Kier alpha value is -4.77. The number of hydrogen-bond donors (Lipinski definition) is 1. The third kappa shape index (κ3) is 11.1. The molecule has 3 aliphatic heterocycles. The molecule has 5 heterocycles. The number of carbonyl (C=O) groups excluding carboxylic acids is 5. The highest BCUT2D eigenvalue weighted by atomic mass is 32.2. The Morgan fingerprint density at radius 3 is 2.09 bits per heavy atom. The second-order valence-corrected chi connectivity index (χ2v) is 22.0. The third-order valence-corrected chi connectivity index (χ3v) is 16.8. The van der Waals surface area contributed by atoms with Gasteiger partial charge in [0, 0.05) is 72.1 Å². The van der Waals surface area contributed by atoms with Crippen LogP contribution in [0.1, 0.15) is 69.9 Å². The van der Waals surface area contributed by atoms with Gasteiger partial charge < -0.3 is 24.2 Å². The smallest absolute Gasteiger partial charge is 0.340 e. The van der Waals surface area contributed by atoms with Crippen molar-refractivity contribution in [3.63, 3.8) is 0 Å². The van der Waals surface area contributed by atoms with Gasteiger partial charge in [-0.25, -0.2) is 0 Å². The summed E-state index contributed by atoms with van der Waals surface area (Å²) in [6, 6.07) is 25.4. The van der Waals surface area contributed by atoms with Crippen LogP contribution in [0.2, 0.25) is 0 Å². The van der Waals surface area contributed by atoms with E-state index in [0.717, 1.165) is 63.7 Å². The van der Waals surface area contributed by atoms with Gasteiger partial charge >= 0.3 is 13.3 Å². The first-order valence-electron chi connectivity index (χ1n) is 21.9. The van der Waals surface area contributed by atoms with E-state index in [-0.39, 0.29) is 68.6 Å². The van der Waals surface area contributed by atoms with E-state index in [1.807, 2.05) is 30.5 Å². The molecule has 3 aromatic carbocycles. The Morgan fingerprint density at radius 1 is 0.818 bits per heavy atom. The van der Waals surface area contributed by atoms with Gasteiger partial charge in [-0.15, -0.1) is 11.3 Å². The molecule has 8 rings (SSSR count). The van der Waals surface area contributed by atoms with E-state index in [1.165, 1.54) is 12.1 Å². The Kier molecular flexibility index (Phi) is 15.5. The van der Waals surface area contributed by atoms with E-state index >= 15 is 8.78 Å². The number of hydrogen-bond acceptors (Lipinski definition) is 12. The van der Waals surface area contributed by atoms with Crippen LogP contribution in [0.3, 0.4) is 0 Å². The van der Waals surface area contributed by atoms with Crippen molar-refractivity contribution >= 4 is 80.5 Å². The van der Waals surface area contributed by atoms with E-state index in [0.29, 0.717) is 49.9 Å². The molecule has 0 radical (unpaired) electrons. The number of thioether (sulfide) groups is 2. The van der Waals surface area contributed by atoms with Crippen LogP contribution in [0, 0.1) is 0 Å². The topological polar surface area (TPSA) is 152 Å². The number of nitrogens with one attached hydrogen (secondary N) is 1. The number of halogens is 2. The van der Waals surface area contributed by atoms with Crippen molar-refractivity contribution in [1.29, 1.82) is 0 Å². The summed E-state index contributed by atoms with van der Waals surface area (Å²) in [7, 11) is -5.30. The maximum Gasteiger partial charge on any atom is 0.404 e. The summed E-state index contributed by atoms with van der Waals surface area (Å²) in [6.07, 6.45) is 6.79. The number of thiophene rings is 1. The third-order valence-electron chi connectivity index (χ3n) is 12.1. The monoisotopic (exact) mass is 974 g/mol. The molecule has 3 atom stereocenters. The molecular weight excluding hydrogens is 926 g/mol. The molecule has 0 spiro atoms. The maximum absolute atomic E-state index is 16.6. The van der Waals surface area contributed by atoms with Crippen LogP contribution in [0.4, 0.5) is 8.78 Å². The summed E-state index contributed by atoms with van der Waals surface area (Å²) in [5.74, 6) is -0.879. The molecule has 2 aromatic heterocycles. The molecule has 12 nitrogen and oxygen atoms in total. The van der Waals surface area contributed by atoms with Gasteiger partial charge in [0.1, 0.15) is 12.1 Å². The molecular formula is C48H49F2N4O8PS3. The number of likely N-dealkylation sites (tertiary alicyclic amines) is 1. The molecule has 18 heteroatoms. The fraction of sp³-hybridized carbons (Fsp3) is 0.375. The summed E-state index contributed by atoms with van der Waals surface area (Å²) in [5.41, 5.74) is -2.20. The lowest BCUT2D eigenvalue weighted by Gasteiger charge is -2.42. The minimum absolute atomic E-state index is 0.0635. The molecule has 0 unspecified atom stereocenters. The van der Waals surface area contributed by atoms with Crippen LogP contribution >= 0.6 is 42.5 Å². The van der Waals surface area contributed by atoms with E-state index in [2.05, 4.69) is 10.3 Å². The number of carbonyl (C=O) groups is 5. The number of pyridine rings is 1. The van der Waals surface area contributed by atoms with E-state index < -0.39 is 50.0 Å². The summed E-state index contributed by atoms with van der Waals surface area (Å²) >= 11 is 2.79. The van der Waals surface area contributed by atoms with Crippen molar-refractivity contribution in [1.82, 2.24) is 20.1 Å². The second-order valence-electron chi connectivity index (χ2n) is 16.5. The van der Waals surface area contributed by atoms with Gasteiger partial charge in [0.05, 0.1) is 18.1 Å². The average molecular weight is 975 g/mol. The van der Waals surface area contributed by atoms with Gasteiger partial charge in [-0.1, -0.05) is 96.3 Å². The van der Waals surface area contributed by atoms with Crippen LogP contribution in [0.15, 0.2) is 109 Å². The van der Waals surface area contributed by atoms with Gasteiger partial charge in [0.25, 0.3) is 5.91 Å². The molecule has 66 heavy (non-hydrogen) atoms. The van der Waals surface area contributed by atoms with Gasteiger partial charge in [-0.2, -0.15) is 8.78 Å². The number of fused-ring (bicyclic) bond motifs is 2. The van der Waals surface area contributed by atoms with Gasteiger partial charge in [0.2, 0.25) is 11.8 Å². The normalized spacial score (nSPS) is 19.0. The minimum atomic E-state index is -5.30. The number of nitrogens with zero attached hydrogens (tertiary/aromatic N) is 3. The first kappa shape index (κ1) is 47.7. The van der Waals surface area contributed by atoms with Crippen molar-refractivity contribution in [2.45, 2.75) is 74.7 Å². The number of rotatable bonds is 18. The summed E-state index contributed by atoms with van der Waals surface area (Å²) in [6.45, 7) is 0.139. The fourth-order valence-electron chi connectivity index (χ4n) is 8.62. The molecule has 0 saturated carbocycles. The van der Waals surface area contributed by atoms with Crippen molar-refractivity contribution in [3.05, 3.63) is 137 Å². The van der Waals surface area contributed by atoms with Crippen LogP contribution in [-0.4, -0.2) is 98.7 Å². The molecule has 3 fully saturated rings. The first-order valence-corrected chi connectivity index (χ1v) is 26.2. The van der Waals surface area contributed by atoms with Gasteiger partial charge in [0.15, 0.2) is 10.2 Å². The highest BCUT2D eigenvalue weighted by Gasteiger charge is 2.55. The summed E-state index contributed by atoms with van der Waals surface area (Å²) in [5, 5.41) is 2.71. The second kappa shape index (κ2) is 21.5. The summed E-state index contributed by atoms with van der Waals surface area (Å²) < 4.78 is 58.7. The van der Waals surface area contributed by atoms with Crippen LogP contribution < -0.4 is 5.32 Å². The van der Waals surface area contributed by atoms with Crippen molar-refractivity contribution in [2.24, 2.45) is 0 Å². The summed E-state index contributed by atoms with van der Waals surface area (Å²) in [4.78, 5) is 74.7. The lowest BCUT2D eigenvalue weighted by Crippen LogP contribution is -2.58. The Balaban J connectivity index is 0.918. The SMILES string of the molecule is O=C(Cc1ccccc1)SCCOP(=O)(OCCSC(=O)Cc1ccccc1)C(F)(F)c1ccc2sc(C(=O)N[C@H]3CCC[C@H]4CC[C@@H](C(=O)N5CC(c6cccnc6)C5)N4C3=O)cc2c1. The maximum atomic E-state index is 16.6. The van der Waals surface area contributed by atoms with Gasteiger partial charge in [-0.05, 0) is 78.4 Å². The number of benzene rings is 3. The highest BCUT2D eigenvalue weighted by molar-refractivity contribution is 8.13. The lowest BCUT2D eigenvalue weighted by molar-refractivity contribution is -0.148. The van der Waals surface area contributed by atoms with E-state index in [9.17, 15) is 28.5 Å². The Morgan fingerprint density at radius 2 is 1.47 bits per heavy atom. The molecule has 3 saturated heterocycles. The fourth-order valence-corrected chi connectivity index (χ4v) is 12.7. The predicted octanol–water partition coefficient (Wildman–Crippen LogP) is 8.84. The largest absolute Gasteiger partial charge is 0.404 e. The molecule has 3 amide bonds. The number of aromatic nitrogens is 1. The van der Waals surface area contributed by atoms with Crippen molar-refractivity contribution in [3.8, 4) is 0 Å². The van der Waals surface area contributed by atoms with E-state index in [4.69, 9.17) is 9.05 Å². The highest BCUT2D eigenvalue weighted by Crippen LogP contribution is 2.67. The van der Waals surface area contributed by atoms with Crippen LogP contribution in [-0.2, 0) is 51.3 Å². The minimum Gasteiger partial charge on any atom is -0.340 e. The van der Waals surface area contributed by atoms with Crippen molar-refractivity contribution in [2.75, 3.05) is 37.8 Å². The zero-order valence-corrected chi connectivity index (χ0v) is 39.3. The molecule has 3 aliphatic rings. The van der Waals surface area contributed by atoms with Crippen molar-refractivity contribution < 1.29 is 46.4 Å². The molecule has 0 bridgehead atoms. The molecule has 5 aromatic rings. The van der Waals surface area contributed by atoms with Crippen LogP contribution in [0.5, 0.6) is 0 Å². The Labute approximate surface area is 394 Å². The van der Waals surface area contributed by atoms with Crippen LogP contribution in [0.25, 0.3) is 10.1 Å².